The van der Waals surface area contributed by atoms with Gasteiger partial charge in [0.25, 0.3) is 5.91 Å². The van der Waals surface area contributed by atoms with Crippen LogP contribution >= 0.6 is 0 Å². The second kappa shape index (κ2) is 9.92. The number of pyridine rings is 1. The minimum absolute atomic E-state index is 0.0192. The molecule has 4 aromatic heterocycles. The molecule has 6 rings (SSSR count). The van der Waals surface area contributed by atoms with Crippen molar-refractivity contribution in [2.24, 2.45) is 0 Å². The van der Waals surface area contributed by atoms with E-state index in [1.165, 1.54) is 17.8 Å². The molecule has 2 fully saturated rings. The molecule has 3 atom stereocenters. The SMILES string of the molecule is COCC#Cc1ccc(-c2cnn3c(N)c(C(C)=O)c([C@H]4C[C@H]5CC[C@@H](C4)N5C(=O)c4nnc[nH]4)nc23)cn1. The van der Waals surface area contributed by atoms with E-state index < -0.39 is 0 Å². The number of piperidine rings is 1. The van der Waals surface area contributed by atoms with Crippen molar-refractivity contribution in [3.05, 3.63) is 53.6 Å². The average Bonchev–Trinajstić information content (AvgIpc) is 3.67. The number of anilines is 1. The van der Waals surface area contributed by atoms with E-state index in [9.17, 15) is 9.59 Å². The van der Waals surface area contributed by atoms with Crippen molar-refractivity contribution in [1.29, 1.82) is 0 Å². The number of ketones is 1. The molecule has 0 spiro atoms. The molecule has 6 heterocycles. The van der Waals surface area contributed by atoms with Gasteiger partial charge in [0.05, 0.1) is 17.5 Å². The van der Waals surface area contributed by atoms with Crippen molar-refractivity contribution in [2.75, 3.05) is 19.5 Å². The number of nitrogens with zero attached hydrogens (tertiary/aromatic N) is 7. The van der Waals surface area contributed by atoms with E-state index in [-0.39, 0.29) is 41.3 Å². The van der Waals surface area contributed by atoms with Gasteiger partial charge in [-0.2, -0.15) is 9.61 Å². The summed E-state index contributed by atoms with van der Waals surface area (Å²) in [5.74, 6) is 6.00. The first-order valence-corrected chi connectivity index (χ1v) is 12.8. The lowest BCUT2D eigenvalue weighted by molar-refractivity contribution is 0.0556. The molecule has 12 heteroatoms. The zero-order chi connectivity index (χ0) is 27.1. The summed E-state index contributed by atoms with van der Waals surface area (Å²) < 4.78 is 6.48. The van der Waals surface area contributed by atoms with Crippen molar-refractivity contribution in [1.82, 2.24) is 39.7 Å². The Morgan fingerprint density at radius 1 is 1.21 bits per heavy atom. The summed E-state index contributed by atoms with van der Waals surface area (Å²) in [7, 11) is 1.59. The maximum atomic E-state index is 13.1. The van der Waals surface area contributed by atoms with E-state index in [2.05, 4.69) is 37.1 Å². The number of carbonyl (C=O) groups is 2. The van der Waals surface area contributed by atoms with Crippen molar-refractivity contribution in [2.45, 2.75) is 50.6 Å². The standard InChI is InChI=1S/C27H27N9O3/c1-15(37)22-23(17-10-19-7-8-20(11-17)35(19)27(38)25-30-14-31-34-25)33-26-21(13-32-36(26)24(22)28)16-5-6-18(29-12-16)4-3-9-39-2/h5-6,12-14,17,19-20H,7-11,28H2,1-2H3,(H,30,31,34)/t17-,19+,20-. The topological polar surface area (TPSA) is 157 Å². The normalized spacial score (nSPS) is 20.2. The monoisotopic (exact) mass is 525 g/mol. The molecule has 0 radical (unpaired) electrons. The molecule has 4 aromatic rings. The van der Waals surface area contributed by atoms with Crippen molar-refractivity contribution in [3.8, 4) is 23.0 Å². The molecule has 0 unspecified atom stereocenters. The predicted octanol–water partition coefficient (Wildman–Crippen LogP) is 2.24. The smallest absolute Gasteiger partial charge is 0.292 e. The van der Waals surface area contributed by atoms with E-state index in [1.54, 1.807) is 19.5 Å². The molecule has 2 aliphatic rings. The van der Waals surface area contributed by atoms with Gasteiger partial charge in [0, 0.05) is 42.4 Å². The van der Waals surface area contributed by atoms with Crippen molar-refractivity contribution < 1.29 is 14.3 Å². The lowest BCUT2D eigenvalue weighted by Crippen LogP contribution is -2.46. The molecule has 0 aliphatic carbocycles. The summed E-state index contributed by atoms with van der Waals surface area (Å²) >= 11 is 0. The van der Waals surface area contributed by atoms with Gasteiger partial charge in [-0.25, -0.2) is 9.97 Å². The summed E-state index contributed by atoms with van der Waals surface area (Å²) in [6.07, 6.45) is 7.94. The highest BCUT2D eigenvalue weighted by atomic mass is 16.5. The highest BCUT2D eigenvalue weighted by molar-refractivity contribution is 6.00. The predicted molar refractivity (Wildman–Crippen MR) is 141 cm³/mol. The van der Waals surface area contributed by atoms with E-state index in [0.717, 1.165) is 24.0 Å². The van der Waals surface area contributed by atoms with E-state index in [1.807, 2.05) is 17.0 Å². The van der Waals surface area contributed by atoms with Crippen molar-refractivity contribution in [3.63, 3.8) is 0 Å². The molecule has 2 aliphatic heterocycles. The number of hydrogen-bond acceptors (Lipinski definition) is 9. The van der Waals surface area contributed by atoms with E-state index >= 15 is 0 Å². The van der Waals surface area contributed by atoms with E-state index in [4.69, 9.17) is 15.5 Å². The highest BCUT2D eigenvalue weighted by Gasteiger charge is 2.45. The molecule has 198 valence electrons. The lowest BCUT2D eigenvalue weighted by Gasteiger charge is -2.38. The molecule has 2 bridgehead atoms. The average molecular weight is 526 g/mol. The second-order valence-corrected chi connectivity index (χ2v) is 9.88. The summed E-state index contributed by atoms with van der Waals surface area (Å²) in [6.45, 7) is 1.83. The number of aromatic nitrogens is 7. The van der Waals surface area contributed by atoms with Crippen molar-refractivity contribution >= 4 is 23.2 Å². The number of aromatic amines is 1. The Bertz CT molecular complexity index is 1600. The number of nitrogen functional groups attached to an aromatic ring is 1. The number of carbonyl (C=O) groups excluding carboxylic acids is 2. The van der Waals surface area contributed by atoms with Crippen LogP contribution in [-0.4, -0.2) is 77.2 Å². The third-order valence-electron chi connectivity index (χ3n) is 7.54. The molecule has 0 saturated carbocycles. The Hall–Kier alpha value is -4.63. The quantitative estimate of drug-likeness (QED) is 0.294. The lowest BCUT2D eigenvalue weighted by atomic mass is 9.85. The van der Waals surface area contributed by atoms with Gasteiger partial charge < -0.3 is 20.4 Å². The Morgan fingerprint density at radius 2 is 2.00 bits per heavy atom. The third-order valence-corrected chi connectivity index (χ3v) is 7.54. The summed E-state index contributed by atoms with van der Waals surface area (Å²) in [4.78, 5) is 40.1. The number of ether oxygens (including phenoxy) is 1. The number of nitrogens with two attached hydrogens (primary N) is 1. The first-order chi connectivity index (χ1) is 19.0. The highest BCUT2D eigenvalue weighted by Crippen LogP contribution is 2.45. The fourth-order valence-corrected chi connectivity index (χ4v) is 5.88. The Kier molecular flexibility index (Phi) is 6.28. The van der Waals surface area contributed by atoms with Crippen LogP contribution in [0.3, 0.4) is 0 Å². The Balaban J connectivity index is 1.36. The van der Waals surface area contributed by atoms with Crippen LogP contribution in [0.15, 0.2) is 30.9 Å². The van der Waals surface area contributed by atoms with Crippen LogP contribution in [0.25, 0.3) is 16.8 Å². The first kappa shape index (κ1) is 24.7. The van der Waals surface area contributed by atoms with Crippen LogP contribution < -0.4 is 5.73 Å². The van der Waals surface area contributed by atoms with Gasteiger partial charge in [-0.15, -0.1) is 10.2 Å². The Labute approximate surface area is 224 Å². The zero-order valence-corrected chi connectivity index (χ0v) is 21.6. The van der Waals surface area contributed by atoms with Crippen LogP contribution in [0.2, 0.25) is 0 Å². The largest absolute Gasteiger partial charge is 0.383 e. The molecular weight excluding hydrogens is 498 g/mol. The van der Waals surface area contributed by atoms with Crippen LogP contribution in [0, 0.1) is 11.8 Å². The molecule has 39 heavy (non-hydrogen) atoms. The number of fused-ring (bicyclic) bond motifs is 3. The van der Waals surface area contributed by atoms with Crippen LogP contribution in [0.5, 0.6) is 0 Å². The number of H-pyrrole nitrogens is 1. The summed E-state index contributed by atoms with van der Waals surface area (Å²) in [5.41, 5.74) is 10.3. The minimum atomic E-state index is -0.165. The molecular formula is C27H27N9O3. The molecule has 2 saturated heterocycles. The molecule has 0 aromatic carbocycles. The number of amides is 1. The number of Topliss-reactive ketones (excluding diaryl/α,β-unsaturated/α-hetero) is 1. The molecule has 1 amide bonds. The van der Waals surface area contributed by atoms with Gasteiger partial charge in [0.15, 0.2) is 11.4 Å². The first-order valence-electron chi connectivity index (χ1n) is 12.8. The van der Waals surface area contributed by atoms with Gasteiger partial charge in [0.2, 0.25) is 5.82 Å². The fourth-order valence-electron chi connectivity index (χ4n) is 5.88. The second-order valence-electron chi connectivity index (χ2n) is 9.88. The van der Waals surface area contributed by atoms with Gasteiger partial charge in [0.1, 0.15) is 24.4 Å². The number of rotatable bonds is 5. The number of nitrogens with one attached hydrogen (secondary N) is 1. The van der Waals surface area contributed by atoms with Crippen LogP contribution in [0.1, 0.15) is 70.9 Å². The maximum absolute atomic E-state index is 13.1. The zero-order valence-electron chi connectivity index (χ0n) is 21.6. The summed E-state index contributed by atoms with van der Waals surface area (Å²) in [5, 5.41) is 12.1. The van der Waals surface area contributed by atoms with Gasteiger partial charge in [-0.1, -0.05) is 5.92 Å². The maximum Gasteiger partial charge on any atom is 0.292 e. The third kappa shape index (κ3) is 4.30. The number of hydrogen-bond donors (Lipinski definition) is 2. The number of methoxy groups -OCH3 is 1. The van der Waals surface area contributed by atoms with Gasteiger partial charge in [-0.05, 0) is 50.7 Å². The van der Waals surface area contributed by atoms with Crippen LogP contribution in [0.4, 0.5) is 5.82 Å². The summed E-state index contributed by atoms with van der Waals surface area (Å²) in [6, 6.07) is 3.77. The molecule has 12 nitrogen and oxygen atoms in total. The van der Waals surface area contributed by atoms with Gasteiger partial charge in [-0.3, -0.25) is 9.59 Å². The van der Waals surface area contributed by atoms with Gasteiger partial charge >= 0.3 is 0 Å². The molecule has 3 N–H and O–H groups in total. The van der Waals surface area contributed by atoms with E-state index in [0.29, 0.717) is 42.0 Å². The van der Waals surface area contributed by atoms with Crippen LogP contribution in [-0.2, 0) is 4.74 Å². The minimum Gasteiger partial charge on any atom is -0.383 e. The fraction of sp³-hybridized carbons (Fsp3) is 0.370. The Morgan fingerprint density at radius 3 is 2.64 bits per heavy atom.